The van der Waals surface area contributed by atoms with E-state index in [0.717, 1.165) is 25.7 Å². The minimum atomic E-state index is -0.800. The second kappa shape index (κ2) is 16.5. The Morgan fingerprint density at radius 3 is 1.65 bits per heavy atom. The Bertz CT molecular complexity index is 273. The summed E-state index contributed by atoms with van der Waals surface area (Å²) in [7, 11) is 0. The van der Waals surface area contributed by atoms with Crippen LogP contribution in [0.25, 0.3) is 0 Å². The van der Waals surface area contributed by atoms with Gasteiger partial charge in [-0.2, -0.15) is 0 Å². The molecule has 0 aliphatic heterocycles. The van der Waals surface area contributed by atoms with E-state index in [-0.39, 0.29) is 31.6 Å². The molecular weight excluding hydrogens is 318 g/mol. The van der Waals surface area contributed by atoms with Crippen LogP contribution in [0.5, 0.6) is 0 Å². The minimum Gasteiger partial charge on any atom is -0.466 e. The van der Waals surface area contributed by atoms with Gasteiger partial charge in [-0.05, 0) is 12.8 Å². The van der Waals surface area contributed by atoms with Crippen molar-refractivity contribution in [2.75, 3.05) is 19.8 Å². The molecule has 4 N–H and O–H groups in total. The molecule has 0 aliphatic rings. The van der Waals surface area contributed by atoms with Gasteiger partial charge in [-0.3, -0.25) is 4.79 Å². The van der Waals surface area contributed by atoms with Crippen LogP contribution < -0.4 is 5.73 Å². The van der Waals surface area contributed by atoms with Crippen LogP contribution in [0.3, 0.4) is 0 Å². The highest BCUT2D eigenvalue weighted by Crippen LogP contribution is 2.14. The predicted molar refractivity (Wildman–Crippen MR) is 95.8 cm³/mol. The van der Waals surface area contributed by atoms with Gasteiger partial charge in [0.2, 0.25) is 0 Å². The van der Waals surface area contributed by atoms with E-state index < -0.39 is 5.54 Å². The van der Waals surface area contributed by atoms with Crippen LogP contribution in [0.2, 0.25) is 0 Å². The number of carbonyl (C=O) groups excluding carboxylic acids is 1. The smallest absolute Gasteiger partial charge is 0.302 e. The van der Waals surface area contributed by atoms with Gasteiger partial charge >= 0.3 is 5.97 Å². The fraction of sp³-hybridized carbons (Fsp3) is 0.941. The molecule has 0 saturated carbocycles. The lowest BCUT2D eigenvalue weighted by Crippen LogP contribution is -2.47. The fourth-order valence-corrected chi connectivity index (χ4v) is 2.42. The van der Waals surface area contributed by atoms with Crippen molar-refractivity contribution in [1.82, 2.24) is 0 Å². The van der Waals surface area contributed by atoms with E-state index in [2.05, 4.69) is 0 Å². The number of carbonyl (C=O) groups is 1. The van der Waals surface area contributed by atoms with Crippen molar-refractivity contribution in [2.45, 2.75) is 83.1 Å². The van der Waals surface area contributed by atoms with E-state index in [9.17, 15) is 4.79 Å². The van der Waals surface area contributed by atoms with Gasteiger partial charge in [0.15, 0.2) is 0 Å². The van der Waals surface area contributed by atoms with E-state index in [1.807, 2.05) is 0 Å². The first-order chi connectivity index (χ1) is 10.5. The highest BCUT2D eigenvalue weighted by Gasteiger charge is 2.21. The molecule has 0 saturated heterocycles. The maximum atomic E-state index is 10.6. The SMILES string of the molecule is CC(=O)OCCCCCCCCCCCCC(N)(CO)CO.Cl. The van der Waals surface area contributed by atoms with Crippen molar-refractivity contribution in [3.05, 3.63) is 0 Å². The Kier molecular flexibility index (Phi) is 17.8. The van der Waals surface area contributed by atoms with Crippen LogP contribution in [0, 0.1) is 0 Å². The minimum absolute atomic E-state index is 0. The molecule has 0 aliphatic carbocycles. The summed E-state index contributed by atoms with van der Waals surface area (Å²) >= 11 is 0. The van der Waals surface area contributed by atoms with E-state index in [4.69, 9.17) is 20.7 Å². The maximum absolute atomic E-state index is 10.6. The van der Waals surface area contributed by atoms with Gasteiger partial charge in [0.05, 0.1) is 25.4 Å². The van der Waals surface area contributed by atoms with Gasteiger partial charge in [0.1, 0.15) is 0 Å². The molecular formula is C17H36ClNO4. The van der Waals surface area contributed by atoms with Gasteiger partial charge in [-0.15, -0.1) is 12.4 Å². The number of esters is 1. The normalized spacial score (nSPS) is 11.1. The molecule has 0 aromatic heterocycles. The maximum Gasteiger partial charge on any atom is 0.302 e. The molecule has 0 heterocycles. The molecule has 0 aromatic carbocycles. The van der Waals surface area contributed by atoms with Gasteiger partial charge in [0.25, 0.3) is 0 Å². The molecule has 0 atom stereocenters. The standard InChI is InChI=1S/C17H35NO4.ClH/c1-16(21)22-13-11-9-7-5-3-2-4-6-8-10-12-17(18,14-19)15-20;/h19-20H,2-15,18H2,1H3;1H. The van der Waals surface area contributed by atoms with Crippen LogP contribution in [0.15, 0.2) is 0 Å². The number of hydrogen-bond donors (Lipinski definition) is 3. The number of aliphatic hydroxyl groups is 2. The van der Waals surface area contributed by atoms with E-state index >= 15 is 0 Å². The van der Waals surface area contributed by atoms with Crippen LogP contribution in [0.4, 0.5) is 0 Å². The second-order valence-corrected chi connectivity index (χ2v) is 6.30. The molecule has 0 radical (unpaired) electrons. The molecule has 0 aromatic rings. The summed E-state index contributed by atoms with van der Waals surface area (Å²) in [6, 6.07) is 0. The Labute approximate surface area is 147 Å². The molecule has 0 spiro atoms. The first-order valence-electron chi connectivity index (χ1n) is 8.68. The van der Waals surface area contributed by atoms with E-state index in [1.165, 1.54) is 45.4 Å². The van der Waals surface area contributed by atoms with Crippen LogP contribution in [-0.4, -0.2) is 41.5 Å². The first-order valence-corrected chi connectivity index (χ1v) is 8.68. The Morgan fingerprint density at radius 2 is 1.26 bits per heavy atom. The third-order valence-electron chi connectivity index (χ3n) is 4.00. The third kappa shape index (κ3) is 16.3. The van der Waals surface area contributed by atoms with Crippen molar-refractivity contribution >= 4 is 18.4 Å². The van der Waals surface area contributed by atoms with Crippen LogP contribution in [-0.2, 0) is 9.53 Å². The third-order valence-corrected chi connectivity index (χ3v) is 4.00. The molecule has 0 amide bonds. The van der Waals surface area contributed by atoms with E-state index in [1.54, 1.807) is 0 Å². The zero-order valence-electron chi connectivity index (χ0n) is 14.6. The summed E-state index contributed by atoms with van der Waals surface area (Å²) in [5.74, 6) is -0.190. The lowest BCUT2D eigenvalue weighted by Gasteiger charge is -2.24. The lowest BCUT2D eigenvalue weighted by atomic mass is 9.94. The molecule has 5 nitrogen and oxygen atoms in total. The summed E-state index contributed by atoms with van der Waals surface area (Å²) < 4.78 is 4.89. The summed E-state index contributed by atoms with van der Waals surface area (Å²) in [6.45, 7) is 1.70. The quantitative estimate of drug-likeness (QED) is 0.311. The van der Waals surface area contributed by atoms with Crippen molar-refractivity contribution in [3.63, 3.8) is 0 Å². The molecule has 0 bridgehead atoms. The second-order valence-electron chi connectivity index (χ2n) is 6.30. The van der Waals surface area contributed by atoms with Gasteiger partial charge in [-0.1, -0.05) is 57.8 Å². The largest absolute Gasteiger partial charge is 0.466 e. The molecule has 23 heavy (non-hydrogen) atoms. The zero-order chi connectivity index (χ0) is 16.7. The molecule has 140 valence electrons. The summed E-state index contributed by atoms with van der Waals surface area (Å²) in [4.78, 5) is 10.6. The average molecular weight is 354 g/mol. The zero-order valence-corrected chi connectivity index (χ0v) is 15.4. The fourth-order valence-electron chi connectivity index (χ4n) is 2.42. The monoisotopic (exact) mass is 353 g/mol. The highest BCUT2D eigenvalue weighted by atomic mass is 35.5. The average Bonchev–Trinajstić information content (AvgIpc) is 2.51. The number of nitrogens with two attached hydrogens (primary N) is 1. The van der Waals surface area contributed by atoms with E-state index in [0.29, 0.717) is 13.0 Å². The van der Waals surface area contributed by atoms with Crippen LogP contribution in [0.1, 0.15) is 77.6 Å². The summed E-state index contributed by atoms with van der Waals surface area (Å²) in [5.41, 5.74) is 5.02. The first kappa shape index (κ1) is 24.9. The Balaban J connectivity index is 0. The van der Waals surface area contributed by atoms with Crippen molar-refractivity contribution in [2.24, 2.45) is 5.73 Å². The molecule has 6 heteroatoms. The highest BCUT2D eigenvalue weighted by molar-refractivity contribution is 5.85. The molecule has 0 rings (SSSR count). The predicted octanol–water partition coefficient (Wildman–Crippen LogP) is 2.94. The number of hydrogen-bond acceptors (Lipinski definition) is 5. The lowest BCUT2D eigenvalue weighted by molar-refractivity contribution is -0.141. The van der Waals surface area contributed by atoms with Crippen LogP contribution >= 0.6 is 12.4 Å². The van der Waals surface area contributed by atoms with Crippen molar-refractivity contribution in [1.29, 1.82) is 0 Å². The summed E-state index contributed by atoms with van der Waals surface area (Å²) in [5, 5.41) is 18.2. The molecule has 0 unspecified atom stereocenters. The Morgan fingerprint density at radius 1 is 0.870 bits per heavy atom. The van der Waals surface area contributed by atoms with Crippen molar-refractivity contribution in [3.8, 4) is 0 Å². The number of rotatable bonds is 15. The number of aliphatic hydroxyl groups excluding tert-OH is 2. The van der Waals surface area contributed by atoms with Crippen molar-refractivity contribution < 1.29 is 19.7 Å². The topological polar surface area (TPSA) is 92.8 Å². The number of ether oxygens (including phenoxy) is 1. The van der Waals surface area contributed by atoms with Gasteiger partial charge in [-0.25, -0.2) is 0 Å². The summed E-state index contributed by atoms with van der Waals surface area (Å²) in [6.07, 6.45) is 12.3. The van der Waals surface area contributed by atoms with Gasteiger partial charge in [0, 0.05) is 6.92 Å². The molecule has 0 fully saturated rings. The number of halogens is 1. The number of unbranched alkanes of at least 4 members (excludes halogenated alkanes) is 9. The van der Waals surface area contributed by atoms with Gasteiger partial charge < -0.3 is 20.7 Å². The Hall–Kier alpha value is -0.360.